The lowest BCUT2D eigenvalue weighted by atomic mass is 9.65. The quantitative estimate of drug-likeness (QED) is 0.423. The first-order valence-corrected chi connectivity index (χ1v) is 8.46. The van der Waals surface area contributed by atoms with Crippen LogP contribution in [0.25, 0.3) is 0 Å². The van der Waals surface area contributed by atoms with Gasteiger partial charge in [0.15, 0.2) is 5.96 Å². The summed E-state index contributed by atoms with van der Waals surface area (Å²) >= 11 is 0. The van der Waals surface area contributed by atoms with Crippen molar-refractivity contribution in [2.45, 2.75) is 53.3 Å². The standard InChI is InChI=1S/C19H31N3O.HI/c1-7-23-13-16-11-9-8-10-15(16)12-21-17(20-6)22-14-18(2,3)19(22,4)5;/h8-11H,7,12-14H2,1-6H3,(H,20,21);1H. The Morgan fingerprint density at radius 3 is 2.33 bits per heavy atom. The van der Waals surface area contributed by atoms with Crippen molar-refractivity contribution < 1.29 is 4.74 Å². The molecule has 0 radical (unpaired) electrons. The van der Waals surface area contributed by atoms with E-state index in [-0.39, 0.29) is 29.5 Å². The van der Waals surface area contributed by atoms with Crippen molar-refractivity contribution in [3.8, 4) is 0 Å². The fourth-order valence-corrected chi connectivity index (χ4v) is 2.95. The second-order valence-electron chi connectivity index (χ2n) is 7.34. The van der Waals surface area contributed by atoms with Gasteiger partial charge < -0.3 is 15.0 Å². The van der Waals surface area contributed by atoms with E-state index in [0.29, 0.717) is 12.0 Å². The van der Waals surface area contributed by atoms with Gasteiger partial charge in [0.1, 0.15) is 0 Å². The van der Waals surface area contributed by atoms with Crippen LogP contribution in [0.5, 0.6) is 0 Å². The molecule has 2 rings (SSSR count). The monoisotopic (exact) mass is 445 g/mol. The third-order valence-corrected chi connectivity index (χ3v) is 5.37. The van der Waals surface area contributed by atoms with Gasteiger partial charge >= 0.3 is 0 Å². The maximum Gasteiger partial charge on any atom is 0.194 e. The number of likely N-dealkylation sites (tertiary alicyclic amines) is 1. The molecular weight excluding hydrogens is 413 g/mol. The Bertz CT molecular complexity index is 569. The largest absolute Gasteiger partial charge is 0.377 e. The van der Waals surface area contributed by atoms with Crippen LogP contribution in [0.4, 0.5) is 0 Å². The van der Waals surface area contributed by atoms with Crippen LogP contribution in [0, 0.1) is 5.41 Å². The molecule has 0 aliphatic carbocycles. The van der Waals surface area contributed by atoms with Crippen molar-refractivity contribution in [1.82, 2.24) is 10.2 Å². The molecule has 1 N–H and O–H groups in total. The maximum atomic E-state index is 5.57. The Morgan fingerprint density at radius 2 is 1.83 bits per heavy atom. The zero-order valence-corrected chi connectivity index (χ0v) is 18.2. The minimum atomic E-state index is 0. The Hall–Kier alpha value is -0.820. The molecule has 0 bridgehead atoms. The summed E-state index contributed by atoms with van der Waals surface area (Å²) in [5.74, 6) is 0.973. The van der Waals surface area contributed by atoms with Gasteiger partial charge in [0, 0.05) is 37.7 Å². The van der Waals surface area contributed by atoms with Crippen molar-refractivity contribution in [2.75, 3.05) is 20.2 Å². The molecule has 24 heavy (non-hydrogen) atoms. The summed E-state index contributed by atoms with van der Waals surface area (Å²) in [5, 5.41) is 3.52. The van der Waals surface area contributed by atoms with Crippen LogP contribution in [0.15, 0.2) is 29.3 Å². The molecule has 1 aromatic carbocycles. The second-order valence-corrected chi connectivity index (χ2v) is 7.34. The van der Waals surface area contributed by atoms with Crippen LogP contribution in [0.1, 0.15) is 45.7 Å². The van der Waals surface area contributed by atoms with Gasteiger partial charge in [0.25, 0.3) is 0 Å². The highest BCUT2D eigenvalue weighted by molar-refractivity contribution is 14.0. The summed E-state index contributed by atoms with van der Waals surface area (Å²) in [6.07, 6.45) is 0. The summed E-state index contributed by atoms with van der Waals surface area (Å²) in [5.41, 5.74) is 2.91. The molecule has 1 fully saturated rings. The molecule has 0 saturated carbocycles. The topological polar surface area (TPSA) is 36.9 Å². The van der Waals surface area contributed by atoms with Gasteiger partial charge in [-0.1, -0.05) is 38.1 Å². The van der Waals surface area contributed by atoms with Crippen LogP contribution in [-0.2, 0) is 17.9 Å². The molecule has 136 valence electrons. The fraction of sp³-hybridized carbons (Fsp3) is 0.632. The van der Waals surface area contributed by atoms with E-state index in [1.54, 1.807) is 0 Å². The van der Waals surface area contributed by atoms with Gasteiger partial charge in [-0.25, -0.2) is 0 Å². The van der Waals surface area contributed by atoms with Crippen molar-refractivity contribution in [3.63, 3.8) is 0 Å². The van der Waals surface area contributed by atoms with E-state index in [9.17, 15) is 0 Å². The summed E-state index contributed by atoms with van der Waals surface area (Å²) < 4.78 is 5.57. The maximum absolute atomic E-state index is 5.57. The first-order valence-electron chi connectivity index (χ1n) is 8.46. The SMILES string of the molecule is CCOCc1ccccc1CNC(=NC)N1CC(C)(C)C1(C)C.I. The fourth-order valence-electron chi connectivity index (χ4n) is 2.95. The lowest BCUT2D eigenvalue weighted by Crippen LogP contribution is -2.72. The number of ether oxygens (including phenoxy) is 1. The minimum absolute atomic E-state index is 0. The third-order valence-electron chi connectivity index (χ3n) is 5.37. The molecule has 1 aliphatic rings. The number of rotatable bonds is 5. The smallest absolute Gasteiger partial charge is 0.194 e. The summed E-state index contributed by atoms with van der Waals surface area (Å²) in [6.45, 7) is 14.4. The van der Waals surface area contributed by atoms with E-state index in [2.05, 4.69) is 67.2 Å². The van der Waals surface area contributed by atoms with Crippen LogP contribution in [0.3, 0.4) is 0 Å². The predicted octanol–water partition coefficient (Wildman–Crippen LogP) is 4.04. The highest BCUT2D eigenvalue weighted by Crippen LogP contribution is 2.46. The molecule has 1 heterocycles. The van der Waals surface area contributed by atoms with Crippen molar-refractivity contribution in [1.29, 1.82) is 0 Å². The molecule has 0 aromatic heterocycles. The van der Waals surface area contributed by atoms with Crippen molar-refractivity contribution in [2.24, 2.45) is 10.4 Å². The summed E-state index contributed by atoms with van der Waals surface area (Å²) in [7, 11) is 1.86. The van der Waals surface area contributed by atoms with E-state index >= 15 is 0 Å². The highest BCUT2D eigenvalue weighted by Gasteiger charge is 2.53. The predicted molar refractivity (Wildman–Crippen MR) is 112 cm³/mol. The van der Waals surface area contributed by atoms with Crippen molar-refractivity contribution in [3.05, 3.63) is 35.4 Å². The van der Waals surface area contributed by atoms with Gasteiger partial charge in [0.2, 0.25) is 0 Å². The number of nitrogens with one attached hydrogen (secondary N) is 1. The van der Waals surface area contributed by atoms with Gasteiger partial charge in [-0.05, 0) is 31.9 Å². The normalized spacial score (nSPS) is 18.6. The molecule has 1 aliphatic heterocycles. The summed E-state index contributed by atoms with van der Waals surface area (Å²) in [6, 6.07) is 8.42. The number of benzene rings is 1. The minimum Gasteiger partial charge on any atom is -0.377 e. The lowest BCUT2D eigenvalue weighted by Gasteiger charge is -2.62. The number of hydrogen-bond donors (Lipinski definition) is 1. The average Bonchev–Trinajstić information content (AvgIpc) is 2.53. The molecule has 5 heteroatoms. The zero-order valence-electron chi connectivity index (χ0n) is 15.8. The number of aliphatic imine (C=N–C) groups is 1. The molecule has 0 unspecified atom stereocenters. The molecule has 0 amide bonds. The molecule has 0 spiro atoms. The molecular formula is C19H32IN3O. The summed E-state index contributed by atoms with van der Waals surface area (Å²) in [4.78, 5) is 6.84. The van der Waals surface area contributed by atoms with Crippen LogP contribution < -0.4 is 5.32 Å². The van der Waals surface area contributed by atoms with Gasteiger partial charge in [-0.2, -0.15) is 0 Å². The third kappa shape index (κ3) is 4.23. The second kappa shape index (κ2) is 8.52. The molecule has 0 atom stereocenters. The van der Waals surface area contributed by atoms with Gasteiger partial charge in [-0.15, -0.1) is 24.0 Å². The molecule has 4 nitrogen and oxygen atoms in total. The van der Waals surface area contributed by atoms with E-state index < -0.39 is 0 Å². The Labute approximate surface area is 164 Å². The highest BCUT2D eigenvalue weighted by atomic mass is 127. The number of nitrogens with zero attached hydrogens (tertiary/aromatic N) is 2. The Morgan fingerprint density at radius 1 is 1.21 bits per heavy atom. The van der Waals surface area contributed by atoms with E-state index in [1.165, 1.54) is 11.1 Å². The first kappa shape index (κ1) is 21.2. The number of halogens is 1. The van der Waals surface area contributed by atoms with Gasteiger partial charge in [-0.3, -0.25) is 4.99 Å². The first-order chi connectivity index (χ1) is 10.8. The van der Waals surface area contributed by atoms with Crippen molar-refractivity contribution >= 4 is 29.9 Å². The Balaban J connectivity index is 0.00000288. The van der Waals surface area contributed by atoms with E-state index in [0.717, 1.165) is 25.7 Å². The van der Waals surface area contributed by atoms with E-state index in [1.807, 2.05) is 14.0 Å². The van der Waals surface area contributed by atoms with E-state index in [4.69, 9.17) is 4.74 Å². The molecule has 1 saturated heterocycles. The Kier molecular flexibility index (Phi) is 7.53. The number of guanidine groups is 1. The molecule has 1 aromatic rings. The number of hydrogen-bond acceptors (Lipinski definition) is 2. The van der Waals surface area contributed by atoms with Crippen LogP contribution >= 0.6 is 24.0 Å². The van der Waals surface area contributed by atoms with Crippen LogP contribution in [-0.4, -0.2) is 36.6 Å². The average molecular weight is 445 g/mol. The lowest BCUT2D eigenvalue weighted by molar-refractivity contribution is -0.0668. The van der Waals surface area contributed by atoms with Gasteiger partial charge in [0.05, 0.1) is 6.61 Å². The zero-order chi connectivity index (χ0) is 17.1. The van der Waals surface area contributed by atoms with Crippen LogP contribution in [0.2, 0.25) is 0 Å².